The van der Waals surface area contributed by atoms with Gasteiger partial charge in [0.05, 0.1) is 10.5 Å². The maximum atomic E-state index is 12.5. The van der Waals surface area contributed by atoms with E-state index >= 15 is 0 Å². The third-order valence-corrected chi connectivity index (χ3v) is 7.01. The second-order valence-corrected chi connectivity index (χ2v) is 9.99. The van der Waals surface area contributed by atoms with Gasteiger partial charge in [0, 0.05) is 22.6 Å². The minimum Gasteiger partial charge on any atom is -0.452 e. The number of amides is 1. The number of likely N-dealkylation sites (tertiary alicyclic amines) is 1. The standard InChI is InChI=1S/C19H27BrN2O5S/c1-12(2)21-28(25,26)15-8-9-17(20)16(10-15)19(24)27-11-18(23)22-13(3)6-5-7-14(22)4/h8-10,12-14,21H,5-7,11H2,1-4H3/t13-,14-/m0/s1. The zero-order valence-electron chi connectivity index (χ0n) is 16.6. The Bertz CT molecular complexity index is 831. The number of nitrogens with zero attached hydrogens (tertiary/aromatic N) is 1. The van der Waals surface area contributed by atoms with Gasteiger partial charge in [-0.3, -0.25) is 4.79 Å². The molecular weight excluding hydrogens is 448 g/mol. The van der Waals surface area contributed by atoms with Crippen LogP contribution in [0.1, 0.15) is 57.3 Å². The van der Waals surface area contributed by atoms with Crippen molar-refractivity contribution in [1.82, 2.24) is 9.62 Å². The molecule has 0 unspecified atom stereocenters. The predicted octanol–water partition coefficient (Wildman–Crippen LogP) is 3.08. The molecule has 2 atom stereocenters. The number of piperidine rings is 1. The van der Waals surface area contributed by atoms with Crippen LogP contribution in [0.15, 0.2) is 27.6 Å². The molecule has 1 fully saturated rings. The Balaban J connectivity index is 2.12. The van der Waals surface area contributed by atoms with E-state index in [0.29, 0.717) is 4.47 Å². The maximum Gasteiger partial charge on any atom is 0.339 e. The van der Waals surface area contributed by atoms with Crippen molar-refractivity contribution in [2.24, 2.45) is 0 Å². The lowest BCUT2D eigenvalue weighted by atomic mass is 9.97. The van der Waals surface area contributed by atoms with Crippen LogP contribution >= 0.6 is 15.9 Å². The summed E-state index contributed by atoms with van der Waals surface area (Å²) in [5.41, 5.74) is 0.0548. The fourth-order valence-electron chi connectivity index (χ4n) is 3.40. The normalized spacial score (nSPS) is 20.3. The molecule has 1 aliphatic rings. The van der Waals surface area contributed by atoms with Gasteiger partial charge in [0.1, 0.15) is 0 Å². The lowest BCUT2D eigenvalue weighted by Crippen LogP contribution is -2.49. The molecule has 0 radical (unpaired) electrons. The fourth-order valence-corrected chi connectivity index (χ4v) is 5.08. The second kappa shape index (κ2) is 9.37. The van der Waals surface area contributed by atoms with Crippen LogP contribution in [0.4, 0.5) is 0 Å². The zero-order valence-corrected chi connectivity index (χ0v) is 19.0. The van der Waals surface area contributed by atoms with Crippen molar-refractivity contribution < 1.29 is 22.7 Å². The molecule has 1 aromatic carbocycles. The van der Waals surface area contributed by atoms with Gasteiger partial charge >= 0.3 is 5.97 Å². The number of rotatable bonds is 6. The van der Waals surface area contributed by atoms with Crippen molar-refractivity contribution in [2.75, 3.05) is 6.61 Å². The van der Waals surface area contributed by atoms with Crippen molar-refractivity contribution in [1.29, 1.82) is 0 Å². The van der Waals surface area contributed by atoms with Gasteiger partial charge in [-0.2, -0.15) is 0 Å². The highest BCUT2D eigenvalue weighted by Crippen LogP contribution is 2.24. The summed E-state index contributed by atoms with van der Waals surface area (Å²) in [5.74, 6) is -0.992. The topological polar surface area (TPSA) is 92.8 Å². The Hall–Kier alpha value is -1.45. The Labute approximate surface area is 175 Å². The number of halogens is 1. The van der Waals surface area contributed by atoms with E-state index in [1.807, 2.05) is 13.8 Å². The lowest BCUT2D eigenvalue weighted by molar-refractivity contribution is -0.140. The number of sulfonamides is 1. The van der Waals surface area contributed by atoms with Crippen LogP contribution in [0.25, 0.3) is 0 Å². The van der Waals surface area contributed by atoms with E-state index in [-0.39, 0.29) is 41.1 Å². The molecule has 7 nitrogen and oxygen atoms in total. The quantitative estimate of drug-likeness (QED) is 0.639. The first-order chi connectivity index (χ1) is 13.0. The summed E-state index contributed by atoms with van der Waals surface area (Å²) < 4.78 is 32.7. The van der Waals surface area contributed by atoms with E-state index in [9.17, 15) is 18.0 Å². The Morgan fingerprint density at radius 1 is 1.25 bits per heavy atom. The Kier molecular flexibility index (Phi) is 7.64. The number of esters is 1. The molecule has 1 saturated heterocycles. The predicted molar refractivity (Wildman–Crippen MR) is 110 cm³/mol. The van der Waals surface area contributed by atoms with Crippen molar-refractivity contribution in [3.63, 3.8) is 0 Å². The van der Waals surface area contributed by atoms with Gasteiger partial charge in [-0.05, 0) is 81.1 Å². The molecular formula is C19H27BrN2O5S. The minimum atomic E-state index is -3.75. The molecule has 0 saturated carbocycles. The van der Waals surface area contributed by atoms with Crippen LogP contribution in [-0.2, 0) is 19.6 Å². The van der Waals surface area contributed by atoms with Crippen molar-refractivity contribution in [2.45, 2.75) is 70.0 Å². The highest BCUT2D eigenvalue weighted by atomic mass is 79.9. The monoisotopic (exact) mass is 474 g/mol. The number of hydrogen-bond donors (Lipinski definition) is 1. The minimum absolute atomic E-state index is 0.0408. The summed E-state index contributed by atoms with van der Waals surface area (Å²) in [5, 5.41) is 0. The number of hydrogen-bond acceptors (Lipinski definition) is 5. The lowest BCUT2D eigenvalue weighted by Gasteiger charge is -2.38. The largest absolute Gasteiger partial charge is 0.452 e. The van der Waals surface area contributed by atoms with Crippen LogP contribution in [-0.4, -0.2) is 49.9 Å². The van der Waals surface area contributed by atoms with E-state index in [4.69, 9.17) is 4.74 Å². The fraction of sp³-hybridized carbons (Fsp3) is 0.579. The number of carbonyl (C=O) groups is 2. The van der Waals surface area contributed by atoms with Crippen molar-refractivity contribution >= 4 is 37.8 Å². The summed E-state index contributed by atoms with van der Waals surface area (Å²) in [6.45, 7) is 7.02. The highest BCUT2D eigenvalue weighted by Gasteiger charge is 2.29. The Morgan fingerprint density at radius 3 is 2.43 bits per heavy atom. The first kappa shape index (κ1) is 22.8. The van der Waals surface area contributed by atoms with Gasteiger partial charge < -0.3 is 9.64 Å². The molecule has 0 aliphatic carbocycles. The smallest absolute Gasteiger partial charge is 0.339 e. The molecule has 1 amide bonds. The molecule has 0 spiro atoms. The molecule has 1 N–H and O–H groups in total. The summed E-state index contributed by atoms with van der Waals surface area (Å²) in [6, 6.07) is 4.05. The number of nitrogens with one attached hydrogen (secondary N) is 1. The van der Waals surface area contributed by atoms with Crippen LogP contribution in [0.5, 0.6) is 0 Å². The van der Waals surface area contributed by atoms with Crippen LogP contribution in [0, 0.1) is 0 Å². The number of ether oxygens (including phenoxy) is 1. The maximum absolute atomic E-state index is 12.5. The molecule has 1 aromatic rings. The van der Waals surface area contributed by atoms with Crippen molar-refractivity contribution in [3.8, 4) is 0 Å². The molecule has 156 valence electrons. The van der Waals surface area contributed by atoms with Gasteiger partial charge in [0.2, 0.25) is 10.0 Å². The third-order valence-electron chi connectivity index (χ3n) is 4.67. The van der Waals surface area contributed by atoms with Crippen LogP contribution < -0.4 is 4.72 Å². The molecule has 28 heavy (non-hydrogen) atoms. The number of benzene rings is 1. The first-order valence-corrected chi connectivity index (χ1v) is 11.6. The molecule has 9 heteroatoms. The average Bonchev–Trinajstić information content (AvgIpc) is 2.58. The van der Waals surface area contributed by atoms with E-state index < -0.39 is 16.0 Å². The second-order valence-electron chi connectivity index (χ2n) is 7.42. The summed E-state index contributed by atoms with van der Waals surface area (Å²) in [4.78, 5) is 26.7. The third kappa shape index (κ3) is 5.55. The Morgan fingerprint density at radius 2 is 1.86 bits per heavy atom. The van der Waals surface area contributed by atoms with Crippen molar-refractivity contribution in [3.05, 3.63) is 28.2 Å². The molecule has 1 heterocycles. The van der Waals surface area contributed by atoms with Gasteiger partial charge in [0.15, 0.2) is 6.61 Å². The van der Waals surface area contributed by atoms with E-state index in [0.717, 1.165) is 19.3 Å². The van der Waals surface area contributed by atoms with E-state index in [1.165, 1.54) is 18.2 Å². The van der Waals surface area contributed by atoms with E-state index in [1.54, 1.807) is 18.7 Å². The molecule has 1 aliphatic heterocycles. The SMILES string of the molecule is CC(C)NS(=O)(=O)c1ccc(Br)c(C(=O)OCC(=O)N2[C@@H](C)CCC[C@@H]2C)c1. The van der Waals surface area contributed by atoms with Gasteiger partial charge in [-0.15, -0.1) is 0 Å². The average molecular weight is 475 g/mol. The van der Waals surface area contributed by atoms with Crippen LogP contribution in [0.2, 0.25) is 0 Å². The van der Waals surface area contributed by atoms with Gasteiger partial charge in [-0.25, -0.2) is 17.9 Å². The zero-order chi connectivity index (χ0) is 21.1. The van der Waals surface area contributed by atoms with Gasteiger partial charge in [-0.1, -0.05) is 0 Å². The molecule has 2 rings (SSSR count). The molecule has 0 aromatic heterocycles. The summed E-state index contributed by atoms with van der Waals surface area (Å²) >= 11 is 3.24. The van der Waals surface area contributed by atoms with Crippen LogP contribution in [0.3, 0.4) is 0 Å². The number of carbonyl (C=O) groups excluding carboxylic acids is 2. The first-order valence-electron chi connectivity index (χ1n) is 9.33. The van der Waals surface area contributed by atoms with E-state index in [2.05, 4.69) is 20.7 Å². The molecule has 0 bridgehead atoms. The summed E-state index contributed by atoms with van der Waals surface area (Å²) in [7, 11) is -3.75. The summed E-state index contributed by atoms with van der Waals surface area (Å²) in [6.07, 6.45) is 2.93. The highest BCUT2D eigenvalue weighted by molar-refractivity contribution is 9.10. The van der Waals surface area contributed by atoms with Gasteiger partial charge in [0.25, 0.3) is 5.91 Å².